The van der Waals surface area contributed by atoms with Gasteiger partial charge in [-0.25, -0.2) is 8.42 Å². The minimum Gasteiger partial charge on any atom is -0.378 e. The second kappa shape index (κ2) is 4.37. The number of rotatable bonds is 3. The molecule has 0 bridgehead atoms. The molecule has 0 aliphatic carbocycles. The molecule has 1 atom stereocenters. The first-order valence-corrected chi connectivity index (χ1v) is 6.83. The van der Waals surface area contributed by atoms with Crippen molar-refractivity contribution in [3.63, 3.8) is 0 Å². The van der Waals surface area contributed by atoms with Crippen LogP contribution in [-0.4, -0.2) is 57.0 Å². The quantitative estimate of drug-likeness (QED) is 0.681. The number of morpholine rings is 1. The Kier molecular flexibility index (Phi) is 3.30. The first-order valence-electron chi connectivity index (χ1n) is 5.33. The summed E-state index contributed by atoms with van der Waals surface area (Å²) in [4.78, 5) is 0. The first kappa shape index (κ1) is 11.3. The summed E-state index contributed by atoms with van der Waals surface area (Å²) in [6.45, 7) is 4.18. The molecule has 0 saturated carbocycles. The molecule has 2 fully saturated rings. The van der Waals surface area contributed by atoms with Gasteiger partial charge in [-0.1, -0.05) is 6.92 Å². The Hall–Kier alpha value is -0.170. The van der Waals surface area contributed by atoms with E-state index in [9.17, 15) is 8.42 Å². The monoisotopic (exact) mass is 235 g/mol. The van der Waals surface area contributed by atoms with Gasteiger partial charge in [-0.05, 0) is 6.42 Å². The Morgan fingerprint density at radius 1 is 1.40 bits per heavy atom. The molecule has 2 aliphatic rings. The van der Waals surface area contributed by atoms with E-state index in [1.54, 1.807) is 4.31 Å². The summed E-state index contributed by atoms with van der Waals surface area (Å²) >= 11 is 0. The van der Waals surface area contributed by atoms with Crippen LogP contribution in [0.1, 0.15) is 13.3 Å². The van der Waals surface area contributed by atoms with E-state index in [1.165, 1.54) is 0 Å². The maximum atomic E-state index is 12.0. The maximum Gasteiger partial charge on any atom is 0.221 e. The van der Waals surface area contributed by atoms with Crippen LogP contribution in [0.25, 0.3) is 0 Å². The van der Waals surface area contributed by atoms with Gasteiger partial charge in [0.2, 0.25) is 10.0 Å². The minimum atomic E-state index is -3.14. The summed E-state index contributed by atoms with van der Waals surface area (Å²) < 4.78 is 36.0. The predicted molar refractivity (Wildman–Crippen MR) is 55.1 cm³/mol. The van der Waals surface area contributed by atoms with E-state index >= 15 is 0 Å². The van der Waals surface area contributed by atoms with Crippen molar-refractivity contribution < 1.29 is 17.9 Å². The van der Waals surface area contributed by atoms with E-state index in [4.69, 9.17) is 9.47 Å². The second-order valence-electron chi connectivity index (χ2n) is 3.96. The third-order valence-corrected chi connectivity index (χ3v) is 5.11. The van der Waals surface area contributed by atoms with E-state index in [0.717, 1.165) is 6.42 Å². The molecule has 2 aliphatic heterocycles. The first-order chi connectivity index (χ1) is 7.14. The average molecular weight is 235 g/mol. The number of hydrogen-bond acceptors (Lipinski definition) is 4. The highest BCUT2D eigenvalue weighted by atomic mass is 32.2. The lowest BCUT2D eigenvalue weighted by Gasteiger charge is -2.36. The maximum absolute atomic E-state index is 12.0. The fourth-order valence-corrected chi connectivity index (χ4v) is 3.43. The van der Waals surface area contributed by atoms with Crippen molar-refractivity contribution in [1.82, 2.24) is 4.31 Å². The van der Waals surface area contributed by atoms with Crippen molar-refractivity contribution in [3.8, 4) is 0 Å². The highest BCUT2D eigenvalue weighted by Gasteiger charge is 2.39. The molecule has 2 rings (SSSR count). The van der Waals surface area contributed by atoms with Gasteiger partial charge in [0.15, 0.2) is 0 Å². The Balaban J connectivity index is 2.02. The van der Waals surface area contributed by atoms with Crippen molar-refractivity contribution in [3.05, 3.63) is 0 Å². The van der Waals surface area contributed by atoms with Crippen molar-refractivity contribution in [2.24, 2.45) is 0 Å². The molecule has 0 N–H and O–H groups in total. The van der Waals surface area contributed by atoms with Gasteiger partial charge in [-0.15, -0.1) is 0 Å². The average Bonchev–Trinajstić information content (AvgIpc) is 2.14. The molecule has 88 valence electrons. The lowest BCUT2D eigenvalue weighted by atomic mass is 10.2. The van der Waals surface area contributed by atoms with E-state index in [-0.39, 0.29) is 11.4 Å². The second-order valence-corrected chi connectivity index (χ2v) is 6.18. The van der Waals surface area contributed by atoms with Crippen LogP contribution in [0.5, 0.6) is 0 Å². The molecule has 0 spiro atoms. The molecule has 0 aromatic rings. The van der Waals surface area contributed by atoms with Crippen LogP contribution in [0.3, 0.4) is 0 Å². The van der Waals surface area contributed by atoms with Gasteiger partial charge in [-0.2, -0.15) is 4.31 Å². The van der Waals surface area contributed by atoms with Crippen LogP contribution < -0.4 is 0 Å². The van der Waals surface area contributed by atoms with Crippen LogP contribution in [0, 0.1) is 0 Å². The molecule has 0 radical (unpaired) electrons. The smallest absolute Gasteiger partial charge is 0.221 e. The van der Waals surface area contributed by atoms with Gasteiger partial charge in [0.25, 0.3) is 0 Å². The zero-order valence-electron chi connectivity index (χ0n) is 8.89. The summed E-state index contributed by atoms with van der Waals surface area (Å²) in [5.74, 6) is 0. The van der Waals surface area contributed by atoms with E-state index < -0.39 is 10.0 Å². The molecule has 0 aromatic heterocycles. The fourth-order valence-electron chi connectivity index (χ4n) is 1.77. The molecule has 2 heterocycles. The van der Waals surface area contributed by atoms with Gasteiger partial charge < -0.3 is 9.47 Å². The van der Waals surface area contributed by atoms with Crippen LogP contribution in [-0.2, 0) is 19.5 Å². The lowest BCUT2D eigenvalue weighted by Crippen LogP contribution is -2.53. The zero-order valence-corrected chi connectivity index (χ0v) is 9.70. The Bertz CT molecular complexity index is 312. The molecule has 2 saturated heterocycles. The van der Waals surface area contributed by atoms with E-state index in [0.29, 0.717) is 32.9 Å². The van der Waals surface area contributed by atoms with Crippen molar-refractivity contribution in [1.29, 1.82) is 0 Å². The number of ether oxygens (including phenoxy) is 2. The van der Waals surface area contributed by atoms with Crippen molar-refractivity contribution in [2.45, 2.75) is 24.7 Å². The van der Waals surface area contributed by atoms with Gasteiger partial charge in [0.1, 0.15) is 5.25 Å². The summed E-state index contributed by atoms with van der Waals surface area (Å²) in [6.07, 6.45) is 0.905. The van der Waals surface area contributed by atoms with Crippen LogP contribution >= 0.6 is 0 Å². The summed E-state index contributed by atoms with van der Waals surface area (Å²) in [6, 6.07) is 0. The third kappa shape index (κ3) is 2.18. The molecule has 6 heteroatoms. The Morgan fingerprint density at radius 3 is 2.67 bits per heavy atom. The predicted octanol–water partition coefficient (Wildman–Crippen LogP) is -0.174. The molecule has 0 amide bonds. The SMILES string of the molecule is CCC1CN(S(=O)(=O)C2COC2)CCO1. The highest BCUT2D eigenvalue weighted by Crippen LogP contribution is 2.20. The van der Waals surface area contributed by atoms with Gasteiger partial charge in [-0.3, -0.25) is 0 Å². The van der Waals surface area contributed by atoms with Crippen molar-refractivity contribution in [2.75, 3.05) is 32.9 Å². The normalized spacial score (nSPS) is 30.1. The standard InChI is InChI=1S/C9H17NO4S/c1-2-8-5-10(3-4-14-8)15(11,12)9-6-13-7-9/h8-9H,2-7H2,1H3. The lowest BCUT2D eigenvalue weighted by molar-refractivity contribution is -0.00710. The summed E-state index contributed by atoms with van der Waals surface area (Å²) in [7, 11) is -3.14. The molecular weight excluding hydrogens is 218 g/mol. The highest BCUT2D eigenvalue weighted by molar-refractivity contribution is 7.89. The fraction of sp³-hybridized carbons (Fsp3) is 1.00. The van der Waals surface area contributed by atoms with E-state index in [1.807, 2.05) is 6.92 Å². The molecule has 1 unspecified atom stereocenters. The summed E-state index contributed by atoms with van der Waals surface area (Å²) in [5.41, 5.74) is 0. The summed E-state index contributed by atoms with van der Waals surface area (Å²) in [5, 5.41) is -0.326. The molecule has 5 nitrogen and oxygen atoms in total. The zero-order chi connectivity index (χ0) is 10.9. The van der Waals surface area contributed by atoms with Crippen LogP contribution in [0.4, 0.5) is 0 Å². The molecule has 15 heavy (non-hydrogen) atoms. The van der Waals surface area contributed by atoms with Crippen LogP contribution in [0.2, 0.25) is 0 Å². The van der Waals surface area contributed by atoms with Gasteiger partial charge in [0, 0.05) is 13.1 Å². The number of sulfonamides is 1. The van der Waals surface area contributed by atoms with Gasteiger partial charge >= 0.3 is 0 Å². The molecular formula is C9H17NO4S. The van der Waals surface area contributed by atoms with Gasteiger partial charge in [0.05, 0.1) is 25.9 Å². The minimum absolute atomic E-state index is 0.0505. The molecule has 0 aromatic carbocycles. The largest absolute Gasteiger partial charge is 0.378 e. The topological polar surface area (TPSA) is 55.8 Å². The van der Waals surface area contributed by atoms with Crippen molar-refractivity contribution >= 4 is 10.0 Å². The number of nitrogens with zero attached hydrogens (tertiary/aromatic N) is 1. The Morgan fingerprint density at radius 2 is 2.13 bits per heavy atom. The number of hydrogen-bond donors (Lipinski definition) is 0. The van der Waals surface area contributed by atoms with Crippen LogP contribution in [0.15, 0.2) is 0 Å². The van der Waals surface area contributed by atoms with E-state index in [2.05, 4.69) is 0 Å². The Labute approximate surface area is 90.4 Å². The third-order valence-electron chi connectivity index (χ3n) is 2.95.